The fourth-order valence-electron chi connectivity index (χ4n) is 1.75. The van der Waals surface area contributed by atoms with Crippen LogP contribution in [0.3, 0.4) is 0 Å². The molecule has 0 saturated carbocycles. The first kappa shape index (κ1) is 13.5. The highest BCUT2D eigenvalue weighted by atomic mass is 32.1. The van der Waals surface area contributed by atoms with Crippen molar-refractivity contribution in [2.24, 2.45) is 0 Å². The van der Waals surface area contributed by atoms with Gasteiger partial charge < -0.3 is 5.32 Å². The molecule has 2 aromatic rings. The van der Waals surface area contributed by atoms with Crippen molar-refractivity contribution in [3.8, 4) is 0 Å². The zero-order chi connectivity index (χ0) is 13.8. The van der Waals surface area contributed by atoms with Gasteiger partial charge in [0.2, 0.25) is 0 Å². The predicted octanol–water partition coefficient (Wildman–Crippen LogP) is 3.58. The maximum Gasteiger partial charge on any atom is 0.274 e. The Morgan fingerprint density at radius 1 is 1.53 bits per heavy atom. The van der Waals surface area contributed by atoms with Crippen molar-refractivity contribution in [1.82, 2.24) is 4.98 Å². The van der Waals surface area contributed by atoms with Gasteiger partial charge in [0.05, 0.1) is 9.93 Å². The average molecular weight is 277 g/mol. The van der Waals surface area contributed by atoms with Gasteiger partial charge in [-0.3, -0.25) is 10.1 Å². The Balaban J connectivity index is 2.04. The molecule has 0 spiro atoms. The summed E-state index contributed by atoms with van der Waals surface area (Å²) in [5.41, 5.74) is 1.58. The Kier molecular flexibility index (Phi) is 4.11. The van der Waals surface area contributed by atoms with Gasteiger partial charge in [-0.2, -0.15) is 0 Å². The first-order valence-corrected chi connectivity index (χ1v) is 6.84. The number of aryl methyl sites for hydroxylation is 1. The van der Waals surface area contributed by atoms with E-state index in [9.17, 15) is 10.1 Å². The summed E-state index contributed by atoms with van der Waals surface area (Å²) in [5, 5.41) is 17.1. The molecule has 1 aromatic heterocycles. The van der Waals surface area contributed by atoms with Crippen LogP contribution in [0.1, 0.15) is 23.4 Å². The largest absolute Gasteiger partial charge is 0.384 e. The van der Waals surface area contributed by atoms with Crippen LogP contribution >= 0.6 is 11.3 Å². The molecule has 0 aliphatic carbocycles. The lowest BCUT2D eigenvalue weighted by molar-refractivity contribution is -0.385. The van der Waals surface area contributed by atoms with Gasteiger partial charge in [-0.25, -0.2) is 4.98 Å². The van der Waals surface area contributed by atoms with E-state index in [0.717, 1.165) is 10.7 Å². The zero-order valence-electron chi connectivity index (χ0n) is 10.8. The van der Waals surface area contributed by atoms with Crippen molar-refractivity contribution in [2.75, 3.05) is 11.9 Å². The van der Waals surface area contributed by atoms with Crippen LogP contribution in [-0.4, -0.2) is 16.5 Å². The van der Waals surface area contributed by atoms with Crippen molar-refractivity contribution in [3.63, 3.8) is 0 Å². The third-order valence-corrected chi connectivity index (χ3v) is 3.90. The maximum absolute atomic E-state index is 10.9. The summed E-state index contributed by atoms with van der Waals surface area (Å²) in [6.45, 7) is 4.52. The highest BCUT2D eigenvalue weighted by Crippen LogP contribution is 2.23. The van der Waals surface area contributed by atoms with E-state index in [1.165, 1.54) is 0 Å². The van der Waals surface area contributed by atoms with Crippen LogP contribution in [0.2, 0.25) is 0 Å². The van der Waals surface area contributed by atoms with Gasteiger partial charge in [-0.15, -0.1) is 11.3 Å². The monoisotopic (exact) mass is 277 g/mol. The lowest BCUT2D eigenvalue weighted by Crippen LogP contribution is -2.09. The van der Waals surface area contributed by atoms with Crippen LogP contribution < -0.4 is 5.32 Å². The van der Waals surface area contributed by atoms with Crippen LogP contribution in [0, 0.1) is 17.0 Å². The first-order chi connectivity index (χ1) is 9.08. The van der Waals surface area contributed by atoms with E-state index in [1.807, 2.05) is 11.4 Å². The molecule has 1 N–H and O–H groups in total. The minimum atomic E-state index is -0.356. The number of hydrogen-bond acceptors (Lipinski definition) is 5. The minimum absolute atomic E-state index is 0.145. The second kappa shape index (κ2) is 5.79. The number of nitro benzene ring substituents is 1. The Hall–Kier alpha value is -1.95. The van der Waals surface area contributed by atoms with Gasteiger partial charge in [0.25, 0.3) is 5.69 Å². The molecule has 0 aliphatic rings. The maximum atomic E-state index is 10.9. The molecule has 0 radical (unpaired) electrons. The van der Waals surface area contributed by atoms with E-state index in [4.69, 9.17) is 0 Å². The molecule has 1 unspecified atom stereocenters. The molecule has 0 fully saturated rings. The number of aromatic nitrogens is 1. The summed E-state index contributed by atoms with van der Waals surface area (Å²) in [6, 6.07) is 5.19. The molecule has 19 heavy (non-hydrogen) atoms. The Morgan fingerprint density at radius 3 is 2.95 bits per heavy atom. The standard InChI is InChI=1S/C13H15N3O2S/c1-9-3-4-11(7-12(9)16(17)18)15-8-10(2)13-14-5-6-19-13/h3-7,10,15H,8H2,1-2H3. The van der Waals surface area contributed by atoms with E-state index < -0.39 is 0 Å². The molecular weight excluding hydrogens is 262 g/mol. The third-order valence-electron chi connectivity index (χ3n) is 2.89. The molecular formula is C13H15N3O2S. The molecule has 0 saturated heterocycles. The molecule has 0 amide bonds. The number of nitro groups is 1. The zero-order valence-corrected chi connectivity index (χ0v) is 11.6. The summed E-state index contributed by atoms with van der Waals surface area (Å²) < 4.78 is 0. The van der Waals surface area contributed by atoms with Crippen LogP contribution in [0.15, 0.2) is 29.8 Å². The topological polar surface area (TPSA) is 68.1 Å². The highest BCUT2D eigenvalue weighted by molar-refractivity contribution is 7.09. The summed E-state index contributed by atoms with van der Waals surface area (Å²) in [6.07, 6.45) is 1.78. The van der Waals surface area contributed by atoms with Gasteiger partial charge in [0.15, 0.2) is 0 Å². The van der Waals surface area contributed by atoms with E-state index >= 15 is 0 Å². The highest BCUT2D eigenvalue weighted by Gasteiger charge is 2.12. The van der Waals surface area contributed by atoms with Crippen molar-refractivity contribution in [3.05, 3.63) is 50.5 Å². The van der Waals surface area contributed by atoms with Gasteiger partial charge in [0.1, 0.15) is 0 Å². The van der Waals surface area contributed by atoms with Crippen molar-refractivity contribution in [1.29, 1.82) is 0 Å². The summed E-state index contributed by atoms with van der Waals surface area (Å²) in [4.78, 5) is 14.8. The molecule has 100 valence electrons. The molecule has 0 bridgehead atoms. The molecule has 1 heterocycles. The van der Waals surface area contributed by atoms with E-state index in [0.29, 0.717) is 12.1 Å². The van der Waals surface area contributed by atoms with Crippen molar-refractivity contribution in [2.45, 2.75) is 19.8 Å². The van der Waals surface area contributed by atoms with Gasteiger partial charge in [0, 0.05) is 41.4 Å². The van der Waals surface area contributed by atoms with Crippen LogP contribution in [0.5, 0.6) is 0 Å². The lowest BCUT2D eigenvalue weighted by atomic mass is 10.1. The molecule has 2 rings (SSSR count). The van der Waals surface area contributed by atoms with Gasteiger partial charge in [-0.05, 0) is 13.0 Å². The van der Waals surface area contributed by atoms with Crippen LogP contribution in [0.25, 0.3) is 0 Å². The van der Waals surface area contributed by atoms with Crippen LogP contribution in [0.4, 0.5) is 11.4 Å². The first-order valence-electron chi connectivity index (χ1n) is 5.96. The molecule has 5 nitrogen and oxygen atoms in total. The number of thiazole rings is 1. The molecule has 0 aliphatic heterocycles. The second-order valence-electron chi connectivity index (χ2n) is 4.41. The van der Waals surface area contributed by atoms with Crippen molar-refractivity contribution >= 4 is 22.7 Å². The molecule has 1 atom stereocenters. The Morgan fingerprint density at radius 2 is 2.32 bits per heavy atom. The third kappa shape index (κ3) is 3.29. The van der Waals surface area contributed by atoms with Gasteiger partial charge in [-0.1, -0.05) is 13.0 Å². The lowest BCUT2D eigenvalue weighted by Gasteiger charge is -2.11. The Bertz CT molecular complexity index is 569. The Labute approximate surface area is 115 Å². The number of anilines is 1. The van der Waals surface area contributed by atoms with Gasteiger partial charge >= 0.3 is 0 Å². The van der Waals surface area contributed by atoms with E-state index in [2.05, 4.69) is 17.2 Å². The smallest absolute Gasteiger partial charge is 0.274 e. The fourth-order valence-corrected chi connectivity index (χ4v) is 2.45. The predicted molar refractivity (Wildman–Crippen MR) is 76.9 cm³/mol. The van der Waals surface area contributed by atoms with Crippen molar-refractivity contribution < 1.29 is 4.92 Å². The number of benzene rings is 1. The number of hydrogen-bond donors (Lipinski definition) is 1. The van der Waals surface area contributed by atoms with E-state index in [-0.39, 0.29) is 16.5 Å². The van der Waals surface area contributed by atoms with E-state index in [1.54, 1.807) is 36.6 Å². The molecule has 1 aromatic carbocycles. The second-order valence-corrected chi connectivity index (χ2v) is 5.34. The quantitative estimate of drug-likeness (QED) is 0.670. The average Bonchev–Trinajstić information content (AvgIpc) is 2.91. The number of rotatable bonds is 5. The summed E-state index contributed by atoms with van der Waals surface area (Å²) in [5.74, 6) is 0.278. The normalized spacial score (nSPS) is 12.1. The fraction of sp³-hybridized carbons (Fsp3) is 0.308. The van der Waals surface area contributed by atoms with Crippen LogP contribution in [-0.2, 0) is 0 Å². The SMILES string of the molecule is Cc1ccc(NCC(C)c2nccs2)cc1[N+](=O)[O-]. The minimum Gasteiger partial charge on any atom is -0.384 e. The summed E-state index contributed by atoms with van der Waals surface area (Å²) in [7, 11) is 0. The molecule has 6 heteroatoms. The number of nitrogens with zero attached hydrogens (tertiary/aromatic N) is 2. The summed E-state index contributed by atoms with van der Waals surface area (Å²) >= 11 is 1.62. The number of nitrogens with one attached hydrogen (secondary N) is 1.